The lowest BCUT2D eigenvalue weighted by Gasteiger charge is -2.08. The number of fused-ring (bicyclic) bond motifs is 3. The Morgan fingerprint density at radius 3 is 0.904 bits per heavy atom. The summed E-state index contributed by atoms with van der Waals surface area (Å²) in [5.41, 5.74) is 11.9. The third-order valence-electron chi connectivity index (χ3n) is 12.0. The highest BCUT2D eigenvalue weighted by Crippen LogP contribution is 2.31. The fourth-order valence-corrected chi connectivity index (χ4v) is 8.62. The fraction of sp³-hybridized carbons (Fsp3) is 0.760. The van der Waals surface area contributed by atoms with Gasteiger partial charge in [0.15, 0.2) is 0 Å². The van der Waals surface area contributed by atoms with Crippen LogP contribution in [0.3, 0.4) is 0 Å². The number of nitrogens with zero attached hydrogens (tertiary/aromatic N) is 1. The molecule has 2 nitrogen and oxygen atoms in total. The average Bonchev–Trinajstić information content (AvgIpc) is 3.46. The predicted octanol–water partition coefficient (Wildman–Crippen LogP) is 16.4. The van der Waals surface area contributed by atoms with E-state index >= 15 is 0 Å². The summed E-state index contributed by atoms with van der Waals surface area (Å²) < 4.78 is 2.51. The number of aryl methyl sites for hydroxylation is 2. The van der Waals surface area contributed by atoms with Crippen molar-refractivity contribution in [3.8, 4) is 0 Å². The minimum atomic E-state index is 0.686. The third-order valence-corrected chi connectivity index (χ3v) is 12.0. The van der Waals surface area contributed by atoms with E-state index in [1.807, 2.05) is 0 Å². The van der Waals surface area contributed by atoms with Gasteiger partial charge in [0.1, 0.15) is 0 Å². The van der Waals surface area contributed by atoms with Gasteiger partial charge >= 0.3 is 0 Å². The molecule has 0 aliphatic heterocycles. The van der Waals surface area contributed by atoms with Gasteiger partial charge in [0.2, 0.25) is 0 Å². The Balaban J connectivity index is 1.27. The second-order valence-electron chi connectivity index (χ2n) is 16.7. The molecule has 0 bridgehead atoms. The molecule has 2 aromatic carbocycles. The summed E-state index contributed by atoms with van der Waals surface area (Å²) in [6.07, 6.45) is 48.1. The first kappa shape index (κ1) is 44.6. The van der Waals surface area contributed by atoms with Crippen molar-refractivity contribution in [3.05, 3.63) is 47.5 Å². The predicted molar refractivity (Wildman–Crippen MR) is 235 cm³/mol. The van der Waals surface area contributed by atoms with Crippen LogP contribution >= 0.6 is 0 Å². The third kappa shape index (κ3) is 19.0. The zero-order valence-electron chi connectivity index (χ0n) is 34.9. The highest BCUT2D eigenvalue weighted by Gasteiger charge is 2.12. The molecule has 0 amide bonds. The lowest BCUT2D eigenvalue weighted by Crippen LogP contribution is -2.09. The van der Waals surface area contributed by atoms with Crippen molar-refractivity contribution in [1.29, 1.82) is 0 Å². The average molecular weight is 715 g/mol. The molecule has 3 aromatic rings. The molecular formula is C50H86N2. The van der Waals surface area contributed by atoms with Gasteiger partial charge in [-0.25, -0.2) is 0 Å². The summed E-state index contributed by atoms with van der Waals surface area (Å²) >= 11 is 0. The van der Waals surface area contributed by atoms with Gasteiger partial charge in [-0.1, -0.05) is 231 Å². The summed E-state index contributed by atoms with van der Waals surface area (Å²) in [5.74, 6) is 0. The van der Waals surface area contributed by atoms with Gasteiger partial charge in [0.25, 0.3) is 0 Å². The maximum absolute atomic E-state index is 6.16. The molecule has 0 fully saturated rings. The molecule has 0 radical (unpaired) electrons. The molecule has 3 rings (SSSR count). The summed E-state index contributed by atoms with van der Waals surface area (Å²) in [4.78, 5) is 0. The summed E-state index contributed by atoms with van der Waals surface area (Å²) in [7, 11) is 0. The normalized spacial score (nSPS) is 11.8. The Bertz CT molecular complexity index is 1160. The van der Waals surface area contributed by atoms with E-state index in [0.29, 0.717) is 6.54 Å². The Hall–Kier alpha value is -1.80. The molecule has 1 heterocycles. The lowest BCUT2D eigenvalue weighted by atomic mass is 10.0. The SMILES string of the molecule is CCCCCCCCCCCCCCCCCCc1ccc2c3ccc(CCCCCCCCCCCCCCCCCC)cc3n(CCN)c2c1. The van der Waals surface area contributed by atoms with E-state index < -0.39 is 0 Å². The lowest BCUT2D eigenvalue weighted by molar-refractivity contribution is 0.529. The second kappa shape index (κ2) is 30.5. The zero-order valence-corrected chi connectivity index (χ0v) is 34.9. The minimum absolute atomic E-state index is 0.686. The first-order valence-electron chi connectivity index (χ1n) is 23.5. The quantitative estimate of drug-likeness (QED) is 0.0597. The number of nitrogens with two attached hydrogens (primary N) is 1. The van der Waals surface area contributed by atoms with Crippen LogP contribution in [0.5, 0.6) is 0 Å². The summed E-state index contributed by atoms with van der Waals surface area (Å²) in [5, 5.41) is 2.79. The van der Waals surface area contributed by atoms with Crippen LogP contribution in [0.25, 0.3) is 21.8 Å². The van der Waals surface area contributed by atoms with E-state index in [0.717, 1.165) is 6.54 Å². The minimum Gasteiger partial charge on any atom is -0.339 e. The van der Waals surface area contributed by atoms with Crippen molar-refractivity contribution in [3.63, 3.8) is 0 Å². The van der Waals surface area contributed by atoms with Gasteiger partial charge in [-0.3, -0.25) is 0 Å². The molecule has 0 saturated heterocycles. The molecule has 0 atom stereocenters. The summed E-state index contributed by atoms with van der Waals surface area (Å²) in [6, 6.07) is 14.5. The largest absolute Gasteiger partial charge is 0.339 e. The van der Waals surface area contributed by atoms with Gasteiger partial charge in [0.05, 0.1) is 0 Å². The molecule has 0 unspecified atom stereocenters. The van der Waals surface area contributed by atoms with E-state index in [-0.39, 0.29) is 0 Å². The zero-order chi connectivity index (χ0) is 36.7. The van der Waals surface area contributed by atoms with Crippen LogP contribution in [0.15, 0.2) is 36.4 Å². The van der Waals surface area contributed by atoms with Crippen molar-refractivity contribution < 1.29 is 0 Å². The number of unbranched alkanes of at least 4 members (excludes halogenated alkanes) is 30. The Morgan fingerprint density at radius 1 is 0.365 bits per heavy atom. The van der Waals surface area contributed by atoms with Crippen LogP contribution in [0.4, 0.5) is 0 Å². The maximum atomic E-state index is 6.16. The van der Waals surface area contributed by atoms with Gasteiger partial charge in [-0.05, 0) is 48.9 Å². The number of hydrogen-bond donors (Lipinski definition) is 1. The topological polar surface area (TPSA) is 30.9 Å². The van der Waals surface area contributed by atoms with Crippen LogP contribution in [-0.4, -0.2) is 11.1 Å². The highest BCUT2D eigenvalue weighted by molar-refractivity contribution is 6.08. The van der Waals surface area contributed by atoms with Crippen molar-refractivity contribution in [1.82, 2.24) is 4.57 Å². The van der Waals surface area contributed by atoms with E-state index in [1.54, 1.807) is 0 Å². The molecule has 2 N–H and O–H groups in total. The molecular weight excluding hydrogens is 629 g/mol. The maximum Gasteiger partial charge on any atom is 0.0494 e. The molecule has 2 heteroatoms. The standard InChI is InChI=1S/C50H86N2/c1-3-5-7-9-11-13-15-17-19-21-23-25-27-29-31-33-35-45-37-39-47-48-40-38-46(44-50(48)52(42-41-51)49(47)43-45)36-34-32-30-28-26-24-22-20-18-16-14-12-10-8-6-4-2/h37-40,43-44H,3-36,41-42,51H2,1-2H3. The number of rotatable bonds is 36. The van der Waals surface area contributed by atoms with Crippen molar-refractivity contribution in [2.45, 2.75) is 239 Å². The van der Waals surface area contributed by atoms with E-state index in [1.165, 1.54) is 251 Å². The number of benzene rings is 2. The fourth-order valence-electron chi connectivity index (χ4n) is 8.62. The molecule has 0 spiro atoms. The van der Waals surface area contributed by atoms with Crippen molar-refractivity contribution in [2.24, 2.45) is 5.73 Å². The van der Waals surface area contributed by atoms with Crippen molar-refractivity contribution >= 4 is 21.8 Å². The first-order valence-corrected chi connectivity index (χ1v) is 23.5. The molecule has 296 valence electrons. The number of hydrogen-bond acceptors (Lipinski definition) is 1. The Kier molecular flexibility index (Phi) is 26.2. The smallest absolute Gasteiger partial charge is 0.0494 e. The van der Waals surface area contributed by atoms with E-state index in [4.69, 9.17) is 5.73 Å². The van der Waals surface area contributed by atoms with Gasteiger partial charge in [-0.15, -0.1) is 0 Å². The van der Waals surface area contributed by atoms with Crippen LogP contribution in [0.1, 0.15) is 230 Å². The Labute approximate surface area is 323 Å². The molecule has 52 heavy (non-hydrogen) atoms. The van der Waals surface area contributed by atoms with Gasteiger partial charge in [0, 0.05) is 34.9 Å². The number of aromatic nitrogens is 1. The van der Waals surface area contributed by atoms with Crippen LogP contribution in [0, 0.1) is 0 Å². The van der Waals surface area contributed by atoms with Gasteiger partial charge in [-0.2, -0.15) is 0 Å². The Morgan fingerprint density at radius 2 is 0.635 bits per heavy atom. The van der Waals surface area contributed by atoms with E-state index in [9.17, 15) is 0 Å². The first-order chi connectivity index (χ1) is 25.8. The van der Waals surface area contributed by atoms with Crippen LogP contribution in [0.2, 0.25) is 0 Å². The molecule has 0 aliphatic rings. The van der Waals surface area contributed by atoms with Crippen LogP contribution in [-0.2, 0) is 19.4 Å². The van der Waals surface area contributed by atoms with Crippen LogP contribution < -0.4 is 5.73 Å². The molecule has 0 saturated carbocycles. The summed E-state index contributed by atoms with van der Waals surface area (Å²) in [6.45, 7) is 6.19. The molecule has 1 aromatic heterocycles. The van der Waals surface area contributed by atoms with E-state index in [2.05, 4.69) is 54.8 Å². The highest BCUT2D eigenvalue weighted by atomic mass is 15.0. The van der Waals surface area contributed by atoms with Crippen molar-refractivity contribution in [2.75, 3.05) is 6.54 Å². The monoisotopic (exact) mass is 715 g/mol. The molecule has 0 aliphatic carbocycles. The van der Waals surface area contributed by atoms with Gasteiger partial charge < -0.3 is 10.3 Å². The second-order valence-corrected chi connectivity index (χ2v) is 16.7.